The predicted molar refractivity (Wildman–Crippen MR) is 67.1 cm³/mol. The standard InChI is InChI=1S/C12H16FN5/c13-9-3-4-11-16-12(17-18(11)8-9)15-7-5-10-2-1-6-14-10/h3-4,8,10,14H,1-2,5-7H2,(H,15,17)/t10-/m1/s1. The molecule has 0 bridgehead atoms. The van der Waals surface area contributed by atoms with Crippen molar-refractivity contribution >= 4 is 11.6 Å². The summed E-state index contributed by atoms with van der Waals surface area (Å²) in [7, 11) is 0. The number of rotatable bonds is 4. The second-order valence-corrected chi connectivity index (χ2v) is 4.59. The van der Waals surface area contributed by atoms with E-state index in [9.17, 15) is 4.39 Å². The van der Waals surface area contributed by atoms with Crippen LogP contribution in [-0.2, 0) is 0 Å². The number of aromatic nitrogens is 3. The highest BCUT2D eigenvalue weighted by Gasteiger charge is 2.13. The lowest BCUT2D eigenvalue weighted by molar-refractivity contribution is 0.573. The van der Waals surface area contributed by atoms with Gasteiger partial charge in [0.2, 0.25) is 5.95 Å². The number of pyridine rings is 1. The molecule has 1 saturated heterocycles. The van der Waals surface area contributed by atoms with E-state index in [4.69, 9.17) is 0 Å². The molecule has 18 heavy (non-hydrogen) atoms. The van der Waals surface area contributed by atoms with Crippen LogP contribution in [0.15, 0.2) is 18.3 Å². The number of nitrogens with one attached hydrogen (secondary N) is 2. The van der Waals surface area contributed by atoms with Crippen molar-refractivity contribution in [2.45, 2.75) is 25.3 Å². The predicted octanol–water partition coefficient (Wildman–Crippen LogP) is 1.42. The minimum atomic E-state index is -0.311. The molecule has 0 radical (unpaired) electrons. The molecule has 6 heteroatoms. The van der Waals surface area contributed by atoms with Gasteiger partial charge in [0.25, 0.3) is 0 Å². The highest BCUT2D eigenvalue weighted by molar-refractivity contribution is 5.42. The van der Waals surface area contributed by atoms with Gasteiger partial charge in [0, 0.05) is 12.6 Å². The van der Waals surface area contributed by atoms with E-state index in [0.717, 1.165) is 19.5 Å². The zero-order chi connectivity index (χ0) is 12.4. The van der Waals surface area contributed by atoms with Gasteiger partial charge in [0.05, 0.1) is 6.20 Å². The Bertz CT molecular complexity index is 532. The van der Waals surface area contributed by atoms with Gasteiger partial charge in [-0.15, -0.1) is 5.10 Å². The SMILES string of the molecule is Fc1ccc2nc(NCC[C@H]3CCCN3)nn2c1. The van der Waals surface area contributed by atoms with Gasteiger partial charge in [-0.1, -0.05) is 0 Å². The van der Waals surface area contributed by atoms with Crippen LogP contribution in [0.1, 0.15) is 19.3 Å². The van der Waals surface area contributed by atoms with Crippen molar-refractivity contribution in [3.05, 3.63) is 24.1 Å². The van der Waals surface area contributed by atoms with Crippen LogP contribution in [0.3, 0.4) is 0 Å². The highest BCUT2D eigenvalue weighted by Crippen LogP contribution is 2.10. The Kier molecular flexibility index (Phi) is 3.10. The van der Waals surface area contributed by atoms with Crippen LogP contribution in [0.2, 0.25) is 0 Å². The van der Waals surface area contributed by atoms with Crippen LogP contribution in [0.4, 0.5) is 10.3 Å². The van der Waals surface area contributed by atoms with E-state index in [1.807, 2.05) is 0 Å². The fourth-order valence-corrected chi connectivity index (χ4v) is 2.29. The molecule has 0 aromatic carbocycles. The number of hydrogen-bond donors (Lipinski definition) is 2. The molecule has 0 amide bonds. The summed E-state index contributed by atoms with van der Waals surface area (Å²) >= 11 is 0. The lowest BCUT2D eigenvalue weighted by Crippen LogP contribution is -2.24. The van der Waals surface area contributed by atoms with Crippen molar-refractivity contribution in [1.29, 1.82) is 0 Å². The van der Waals surface area contributed by atoms with Gasteiger partial charge in [-0.05, 0) is 37.9 Å². The maximum atomic E-state index is 13.0. The van der Waals surface area contributed by atoms with Gasteiger partial charge < -0.3 is 10.6 Å². The topological polar surface area (TPSA) is 54.2 Å². The lowest BCUT2D eigenvalue weighted by Gasteiger charge is -2.09. The minimum absolute atomic E-state index is 0.311. The Morgan fingerprint density at radius 1 is 1.50 bits per heavy atom. The van der Waals surface area contributed by atoms with Crippen molar-refractivity contribution in [2.24, 2.45) is 0 Å². The number of halogens is 1. The monoisotopic (exact) mass is 249 g/mol. The largest absolute Gasteiger partial charge is 0.353 e. The normalized spacial score (nSPS) is 19.5. The number of hydrogen-bond acceptors (Lipinski definition) is 4. The molecule has 3 heterocycles. The van der Waals surface area contributed by atoms with E-state index in [0.29, 0.717) is 17.6 Å². The Balaban J connectivity index is 1.60. The second kappa shape index (κ2) is 4.89. The summed E-state index contributed by atoms with van der Waals surface area (Å²) < 4.78 is 14.4. The Labute approximate surface area is 104 Å². The quantitative estimate of drug-likeness (QED) is 0.860. The molecular formula is C12H16FN5. The van der Waals surface area contributed by atoms with Crippen LogP contribution in [0.5, 0.6) is 0 Å². The molecule has 1 fully saturated rings. The van der Waals surface area contributed by atoms with E-state index in [-0.39, 0.29) is 5.82 Å². The average molecular weight is 249 g/mol. The van der Waals surface area contributed by atoms with Crippen LogP contribution in [-0.4, -0.2) is 33.7 Å². The zero-order valence-corrected chi connectivity index (χ0v) is 10.1. The molecule has 0 aliphatic carbocycles. The van der Waals surface area contributed by atoms with E-state index in [2.05, 4.69) is 20.7 Å². The molecule has 2 aromatic rings. The highest BCUT2D eigenvalue weighted by atomic mass is 19.1. The fourth-order valence-electron chi connectivity index (χ4n) is 2.29. The molecule has 1 aliphatic heterocycles. The first-order chi connectivity index (χ1) is 8.81. The van der Waals surface area contributed by atoms with Crippen molar-refractivity contribution in [3.8, 4) is 0 Å². The van der Waals surface area contributed by atoms with E-state index < -0.39 is 0 Å². The zero-order valence-electron chi connectivity index (χ0n) is 10.1. The van der Waals surface area contributed by atoms with Crippen molar-refractivity contribution in [2.75, 3.05) is 18.4 Å². The van der Waals surface area contributed by atoms with Gasteiger partial charge in [0.15, 0.2) is 5.65 Å². The molecule has 2 N–H and O–H groups in total. The summed E-state index contributed by atoms with van der Waals surface area (Å²) in [6.45, 7) is 1.95. The first kappa shape index (κ1) is 11.4. The van der Waals surface area contributed by atoms with Crippen LogP contribution in [0.25, 0.3) is 5.65 Å². The Morgan fingerprint density at radius 3 is 3.28 bits per heavy atom. The van der Waals surface area contributed by atoms with Gasteiger partial charge in [-0.3, -0.25) is 0 Å². The Hall–Kier alpha value is -1.69. The maximum Gasteiger partial charge on any atom is 0.243 e. The molecule has 3 rings (SSSR count). The van der Waals surface area contributed by atoms with Crippen LogP contribution < -0.4 is 10.6 Å². The summed E-state index contributed by atoms with van der Waals surface area (Å²) in [4.78, 5) is 4.27. The lowest BCUT2D eigenvalue weighted by atomic mass is 10.2. The molecule has 0 unspecified atom stereocenters. The fraction of sp³-hybridized carbons (Fsp3) is 0.500. The van der Waals surface area contributed by atoms with Gasteiger partial charge in [0.1, 0.15) is 5.82 Å². The minimum Gasteiger partial charge on any atom is -0.353 e. The van der Waals surface area contributed by atoms with E-state index in [1.54, 1.807) is 6.07 Å². The average Bonchev–Trinajstić information content (AvgIpc) is 2.97. The van der Waals surface area contributed by atoms with Crippen molar-refractivity contribution in [3.63, 3.8) is 0 Å². The number of anilines is 1. The third-order valence-corrected chi connectivity index (χ3v) is 3.23. The Morgan fingerprint density at radius 2 is 2.44 bits per heavy atom. The molecular weight excluding hydrogens is 233 g/mol. The van der Waals surface area contributed by atoms with E-state index >= 15 is 0 Å². The second-order valence-electron chi connectivity index (χ2n) is 4.59. The van der Waals surface area contributed by atoms with Gasteiger partial charge >= 0.3 is 0 Å². The molecule has 5 nitrogen and oxygen atoms in total. The molecule has 1 atom stereocenters. The van der Waals surface area contributed by atoms with Gasteiger partial charge in [-0.2, -0.15) is 4.98 Å². The first-order valence-electron chi connectivity index (χ1n) is 6.30. The van der Waals surface area contributed by atoms with Gasteiger partial charge in [-0.25, -0.2) is 8.91 Å². The van der Waals surface area contributed by atoms with Crippen molar-refractivity contribution < 1.29 is 4.39 Å². The third-order valence-electron chi connectivity index (χ3n) is 3.23. The molecule has 0 spiro atoms. The molecule has 96 valence electrons. The number of fused-ring (bicyclic) bond motifs is 1. The smallest absolute Gasteiger partial charge is 0.243 e. The maximum absolute atomic E-state index is 13.0. The summed E-state index contributed by atoms with van der Waals surface area (Å²) in [6.07, 6.45) is 4.89. The van der Waals surface area contributed by atoms with E-state index in [1.165, 1.54) is 29.6 Å². The summed E-state index contributed by atoms with van der Waals surface area (Å²) in [5.74, 6) is 0.243. The summed E-state index contributed by atoms with van der Waals surface area (Å²) in [5, 5.41) is 10.8. The number of nitrogens with zero attached hydrogens (tertiary/aromatic N) is 3. The third kappa shape index (κ3) is 2.43. The summed E-state index contributed by atoms with van der Waals surface area (Å²) in [6, 6.07) is 3.61. The van der Waals surface area contributed by atoms with Crippen LogP contribution >= 0.6 is 0 Å². The molecule has 0 saturated carbocycles. The molecule has 1 aliphatic rings. The molecule has 2 aromatic heterocycles. The summed E-state index contributed by atoms with van der Waals surface area (Å²) in [5.41, 5.74) is 0.651. The van der Waals surface area contributed by atoms with Crippen molar-refractivity contribution in [1.82, 2.24) is 19.9 Å². The van der Waals surface area contributed by atoms with Crippen LogP contribution in [0, 0.1) is 5.82 Å². The first-order valence-corrected chi connectivity index (χ1v) is 6.30.